The van der Waals surface area contributed by atoms with Gasteiger partial charge in [0.25, 0.3) is 0 Å². The Bertz CT molecular complexity index is 348. The van der Waals surface area contributed by atoms with Crippen LogP contribution < -0.4 is 0 Å². The molecule has 5 fully saturated rings. The number of hydrogen-bond acceptors (Lipinski definition) is 2. The largest absolute Gasteiger partial charge is 0.303 e. The molecule has 5 rings (SSSR count). The molecule has 2 nitrogen and oxygen atoms in total. The molecule has 0 aromatic carbocycles. The van der Waals surface area contributed by atoms with Crippen molar-refractivity contribution in [1.29, 1.82) is 0 Å². The Morgan fingerprint density at radius 1 is 0.900 bits per heavy atom. The summed E-state index contributed by atoms with van der Waals surface area (Å²) in [7, 11) is 0. The Hall–Kier alpha value is -0.370. The van der Waals surface area contributed by atoms with E-state index < -0.39 is 0 Å². The number of carbonyl (C=O) groups is 1. The highest BCUT2D eigenvalue weighted by Crippen LogP contribution is 2.60. The van der Waals surface area contributed by atoms with Crippen LogP contribution in [-0.4, -0.2) is 30.3 Å². The molecule has 0 unspecified atom stereocenters. The maximum Gasteiger partial charge on any atom is 0.140 e. The number of likely N-dealkylation sites (tertiary alicyclic amines) is 1. The van der Waals surface area contributed by atoms with Gasteiger partial charge in [-0.3, -0.25) is 4.79 Å². The molecule has 2 heteroatoms. The fraction of sp³-hybridized carbons (Fsp3) is 0.944. The molecule has 0 aromatic rings. The van der Waals surface area contributed by atoms with Crippen molar-refractivity contribution in [1.82, 2.24) is 4.90 Å². The minimum atomic E-state index is 0.143. The molecule has 1 aliphatic heterocycles. The molecule has 0 aromatic heterocycles. The molecular weight excluding hydrogens is 246 g/mol. The van der Waals surface area contributed by atoms with Crippen LogP contribution in [0.3, 0.4) is 0 Å². The first kappa shape index (κ1) is 13.3. The van der Waals surface area contributed by atoms with Gasteiger partial charge < -0.3 is 4.90 Å². The predicted octanol–water partition coefficient (Wildman–Crippen LogP) is 3.65. The summed E-state index contributed by atoms with van der Waals surface area (Å²) in [5.74, 6) is 3.35. The zero-order valence-electron chi connectivity index (χ0n) is 12.8. The van der Waals surface area contributed by atoms with Gasteiger partial charge in [0.15, 0.2) is 0 Å². The molecule has 0 amide bonds. The van der Waals surface area contributed by atoms with E-state index >= 15 is 0 Å². The Morgan fingerprint density at radius 2 is 1.45 bits per heavy atom. The monoisotopic (exact) mass is 275 g/mol. The summed E-state index contributed by atoms with van der Waals surface area (Å²) in [5.41, 5.74) is 0.143. The Morgan fingerprint density at radius 3 is 2.00 bits per heavy atom. The average Bonchev–Trinajstić information content (AvgIpc) is 2.44. The SMILES string of the molecule is O=C(CCN1CCCCC1)C12CC3CC(CC(C3)C1)C2. The summed E-state index contributed by atoms with van der Waals surface area (Å²) < 4.78 is 0. The quantitative estimate of drug-likeness (QED) is 0.780. The molecule has 1 saturated heterocycles. The molecule has 20 heavy (non-hydrogen) atoms. The number of rotatable bonds is 4. The second-order valence-electron chi connectivity index (χ2n) is 8.27. The van der Waals surface area contributed by atoms with Crippen LogP contribution in [0.25, 0.3) is 0 Å². The Kier molecular flexibility index (Phi) is 3.41. The van der Waals surface area contributed by atoms with Gasteiger partial charge in [0.2, 0.25) is 0 Å². The third kappa shape index (κ3) is 2.34. The second kappa shape index (κ2) is 5.12. The normalized spacial score (nSPS) is 43.9. The van der Waals surface area contributed by atoms with Crippen molar-refractivity contribution < 1.29 is 4.79 Å². The Balaban J connectivity index is 1.38. The van der Waals surface area contributed by atoms with Crippen molar-refractivity contribution in [3.05, 3.63) is 0 Å². The fourth-order valence-electron chi connectivity index (χ4n) is 6.16. The first-order valence-electron chi connectivity index (χ1n) is 8.99. The van der Waals surface area contributed by atoms with Crippen LogP contribution in [0.5, 0.6) is 0 Å². The summed E-state index contributed by atoms with van der Waals surface area (Å²) >= 11 is 0. The van der Waals surface area contributed by atoms with Crippen LogP contribution in [0.1, 0.15) is 64.2 Å². The minimum absolute atomic E-state index is 0.143. The third-order valence-corrected chi connectivity index (χ3v) is 6.73. The summed E-state index contributed by atoms with van der Waals surface area (Å²) in [5, 5.41) is 0. The molecule has 0 N–H and O–H groups in total. The van der Waals surface area contributed by atoms with E-state index in [0.29, 0.717) is 5.78 Å². The van der Waals surface area contributed by atoms with E-state index in [0.717, 1.165) is 30.7 Å². The number of ketones is 1. The van der Waals surface area contributed by atoms with Gasteiger partial charge in [-0.25, -0.2) is 0 Å². The van der Waals surface area contributed by atoms with Crippen LogP contribution in [0, 0.1) is 23.2 Å². The van der Waals surface area contributed by atoms with Crippen molar-refractivity contribution in [3.63, 3.8) is 0 Å². The fourth-order valence-corrected chi connectivity index (χ4v) is 6.16. The Labute approximate surface area is 123 Å². The van der Waals surface area contributed by atoms with Gasteiger partial charge in [-0.1, -0.05) is 6.42 Å². The molecule has 0 spiro atoms. The van der Waals surface area contributed by atoms with Crippen molar-refractivity contribution >= 4 is 5.78 Å². The molecule has 4 bridgehead atoms. The highest BCUT2D eigenvalue weighted by molar-refractivity contribution is 5.85. The molecule has 0 radical (unpaired) electrons. The van der Waals surface area contributed by atoms with Gasteiger partial charge in [-0.15, -0.1) is 0 Å². The van der Waals surface area contributed by atoms with E-state index in [2.05, 4.69) is 4.90 Å². The van der Waals surface area contributed by atoms with Gasteiger partial charge in [0.05, 0.1) is 0 Å². The summed E-state index contributed by atoms with van der Waals surface area (Å²) in [6.07, 6.45) is 13.0. The lowest BCUT2D eigenvalue weighted by molar-refractivity contribution is -0.144. The van der Waals surface area contributed by atoms with Gasteiger partial charge in [0.1, 0.15) is 5.78 Å². The molecule has 4 saturated carbocycles. The van der Waals surface area contributed by atoms with E-state index in [4.69, 9.17) is 0 Å². The molecule has 0 atom stereocenters. The highest BCUT2D eigenvalue weighted by atomic mass is 16.1. The molecular formula is C18H29NO. The summed E-state index contributed by atoms with van der Waals surface area (Å²) in [4.78, 5) is 15.4. The third-order valence-electron chi connectivity index (χ3n) is 6.73. The van der Waals surface area contributed by atoms with E-state index in [-0.39, 0.29) is 5.41 Å². The minimum Gasteiger partial charge on any atom is -0.303 e. The average molecular weight is 275 g/mol. The zero-order chi connectivity index (χ0) is 13.6. The molecule has 112 valence electrons. The predicted molar refractivity (Wildman–Crippen MR) is 80.5 cm³/mol. The molecule has 5 aliphatic rings. The number of carbonyl (C=O) groups excluding carboxylic acids is 1. The lowest BCUT2D eigenvalue weighted by Gasteiger charge is -2.56. The summed E-state index contributed by atoms with van der Waals surface area (Å²) in [6, 6.07) is 0. The van der Waals surface area contributed by atoms with Crippen LogP contribution >= 0.6 is 0 Å². The van der Waals surface area contributed by atoms with Crippen molar-refractivity contribution in [2.75, 3.05) is 19.6 Å². The standard InChI is InChI=1S/C18H29NO/c20-17(4-7-19-5-2-1-3-6-19)18-11-14-8-15(12-18)10-16(9-14)13-18/h14-16H,1-13H2. The lowest BCUT2D eigenvalue weighted by Crippen LogP contribution is -2.50. The number of piperidine rings is 1. The van der Waals surface area contributed by atoms with E-state index in [1.807, 2.05) is 0 Å². The first-order chi connectivity index (χ1) is 9.73. The van der Waals surface area contributed by atoms with E-state index in [1.165, 1.54) is 70.9 Å². The van der Waals surface area contributed by atoms with Crippen molar-refractivity contribution in [2.45, 2.75) is 64.2 Å². The first-order valence-corrected chi connectivity index (χ1v) is 8.99. The topological polar surface area (TPSA) is 20.3 Å². The van der Waals surface area contributed by atoms with Crippen molar-refractivity contribution in [2.24, 2.45) is 23.2 Å². The number of Topliss-reactive ketones (excluding diaryl/α,β-unsaturated/α-hetero) is 1. The zero-order valence-corrected chi connectivity index (χ0v) is 12.8. The highest BCUT2D eigenvalue weighted by Gasteiger charge is 2.53. The molecule has 1 heterocycles. The van der Waals surface area contributed by atoms with Crippen LogP contribution in [0.15, 0.2) is 0 Å². The maximum absolute atomic E-state index is 12.9. The maximum atomic E-state index is 12.9. The van der Waals surface area contributed by atoms with Gasteiger partial charge >= 0.3 is 0 Å². The smallest absolute Gasteiger partial charge is 0.140 e. The molecule has 4 aliphatic carbocycles. The van der Waals surface area contributed by atoms with E-state index in [9.17, 15) is 4.79 Å². The van der Waals surface area contributed by atoms with Crippen LogP contribution in [0.4, 0.5) is 0 Å². The van der Waals surface area contributed by atoms with Gasteiger partial charge in [0, 0.05) is 18.4 Å². The summed E-state index contributed by atoms with van der Waals surface area (Å²) in [6.45, 7) is 3.50. The number of hydrogen-bond donors (Lipinski definition) is 0. The number of nitrogens with zero attached hydrogens (tertiary/aromatic N) is 1. The second-order valence-corrected chi connectivity index (χ2v) is 8.27. The van der Waals surface area contributed by atoms with Crippen LogP contribution in [-0.2, 0) is 4.79 Å². The van der Waals surface area contributed by atoms with Crippen LogP contribution in [0.2, 0.25) is 0 Å². The lowest BCUT2D eigenvalue weighted by atomic mass is 9.48. The van der Waals surface area contributed by atoms with E-state index in [1.54, 1.807) is 0 Å². The van der Waals surface area contributed by atoms with Gasteiger partial charge in [-0.05, 0) is 82.2 Å². The van der Waals surface area contributed by atoms with Gasteiger partial charge in [-0.2, -0.15) is 0 Å². The van der Waals surface area contributed by atoms with Crippen molar-refractivity contribution in [3.8, 4) is 0 Å².